The van der Waals surface area contributed by atoms with E-state index in [-0.39, 0.29) is 5.91 Å². The van der Waals surface area contributed by atoms with Crippen LogP contribution in [-0.4, -0.2) is 45.3 Å². The van der Waals surface area contributed by atoms with Crippen molar-refractivity contribution in [3.8, 4) is 0 Å². The fourth-order valence-electron chi connectivity index (χ4n) is 2.39. The first-order chi connectivity index (χ1) is 9.72. The van der Waals surface area contributed by atoms with E-state index >= 15 is 0 Å². The second-order valence-electron chi connectivity index (χ2n) is 4.68. The number of carbonyl (C=O) groups excluding carboxylic acids is 2. The van der Waals surface area contributed by atoms with Gasteiger partial charge in [-0.3, -0.25) is 10.1 Å². The number of nitrogens with one attached hydrogen (secondary N) is 3. The highest BCUT2D eigenvalue weighted by atomic mass is 16.5. The molecule has 3 N–H and O–H groups in total. The number of benzene rings is 1. The second-order valence-corrected chi connectivity index (χ2v) is 4.68. The second kappa shape index (κ2) is 7.02. The van der Waals surface area contributed by atoms with Crippen molar-refractivity contribution < 1.29 is 19.2 Å². The Morgan fingerprint density at radius 3 is 2.45 bits per heavy atom. The summed E-state index contributed by atoms with van der Waals surface area (Å²) in [5.74, 6) is -0.285. The molecule has 0 unspecified atom stereocenters. The minimum Gasteiger partial charge on any atom is -0.370 e. The average Bonchev–Trinajstić information content (AvgIpc) is 2.49. The SMILES string of the molecule is CNC(=O)NC(=O)[C@@H](c1ccccc1)[NH+]1CCOCC1. The molecule has 0 saturated carbocycles. The number of hydrogen-bond acceptors (Lipinski definition) is 3. The molecule has 1 aromatic carbocycles. The van der Waals surface area contributed by atoms with Gasteiger partial charge in [-0.1, -0.05) is 30.3 Å². The van der Waals surface area contributed by atoms with Crippen molar-refractivity contribution in [1.29, 1.82) is 0 Å². The average molecular weight is 278 g/mol. The summed E-state index contributed by atoms with van der Waals surface area (Å²) in [5, 5.41) is 4.78. The van der Waals surface area contributed by atoms with Crippen LogP contribution < -0.4 is 15.5 Å². The summed E-state index contributed by atoms with van der Waals surface area (Å²) in [7, 11) is 1.49. The summed E-state index contributed by atoms with van der Waals surface area (Å²) in [4.78, 5) is 24.9. The third-order valence-corrected chi connectivity index (χ3v) is 3.40. The van der Waals surface area contributed by atoms with Crippen LogP contribution in [0.1, 0.15) is 11.6 Å². The largest absolute Gasteiger partial charge is 0.370 e. The highest BCUT2D eigenvalue weighted by Crippen LogP contribution is 2.10. The molecule has 1 aliphatic heterocycles. The van der Waals surface area contributed by atoms with Gasteiger partial charge in [0.25, 0.3) is 5.91 Å². The van der Waals surface area contributed by atoms with Crippen LogP contribution in [0.3, 0.4) is 0 Å². The van der Waals surface area contributed by atoms with Gasteiger partial charge >= 0.3 is 6.03 Å². The van der Waals surface area contributed by atoms with E-state index in [2.05, 4.69) is 10.6 Å². The summed E-state index contributed by atoms with van der Waals surface area (Å²) in [6.45, 7) is 2.76. The molecule has 1 atom stereocenters. The molecular weight excluding hydrogens is 258 g/mol. The Morgan fingerprint density at radius 1 is 1.20 bits per heavy atom. The van der Waals surface area contributed by atoms with E-state index in [0.717, 1.165) is 23.6 Å². The molecule has 6 heteroatoms. The van der Waals surface area contributed by atoms with Gasteiger partial charge in [0.1, 0.15) is 13.1 Å². The highest BCUT2D eigenvalue weighted by Gasteiger charge is 2.33. The summed E-state index contributed by atoms with van der Waals surface area (Å²) in [6.07, 6.45) is 0. The number of morpholine rings is 1. The standard InChI is InChI=1S/C14H19N3O3/c1-15-14(19)16-13(18)12(11-5-3-2-4-6-11)17-7-9-20-10-8-17/h2-6,12H,7-10H2,1H3,(H2,15,16,18,19)/p+1/t12-/m1/s1. The van der Waals surface area contributed by atoms with E-state index in [9.17, 15) is 9.59 Å². The van der Waals surface area contributed by atoms with Crippen LogP contribution in [0.25, 0.3) is 0 Å². The fourth-order valence-corrected chi connectivity index (χ4v) is 2.39. The van der Waals surface area contributed by atoms with Gasteiger partial charge in [0, 0.05) is 12.6 Å². The number of carbonyl (C=O) groups is 2. The molecule has 0 aromatic heterocycles. The number of amides is 3. The van der Waals surface area contributed by atoms with Gasteiger partial charge in [-0.2, -0.15) is 0 Å². The van der Waals surface area contributed by atoms with Gasteiger partial charge < -0.3 is 15.0 Å². The van der Waals surface area contributed by atoms with Crippen LogP contribution in [0, 0.1) is 0 Å². The predicted octanol–water partition coefficient (Wildman–Crippen LogP) is -0.902. The Kier molecular flexibility index (Phi) is 5.09. The number of urea groups is 1. The number of quaternary nitrogens is 1. The number of ether oxygens (including phenoxy) is 1. The smallest absolute Gasteiger partial charge is 0.321 e. The molecule has 1 heterocycles. The van der Waals surface area contributed by atoms with Crippen molar-refractivity contribution in [2.75, 3.05) is 33.4 Å². The number of hydrogen-bond donors (Lipinski definition) is 3. The van der Waals surface area contributed by atoms with Crippen molar-refractivity contribution in [2.24, 2.45) is 0 Å². The van der Waals surface area contributed by atoms with Gasteiger partial charge in [0.2, 0.25) is 0 Å². The van der Waals surface area contributed by atoms with E-state index in [0.29, 0.717) is 13.2 Å². The first kappa shape index (κ1) is 14.5. The van der Waals surface area contributed by atoms with Gasteiger partial charge in [0.15, 0.2) is 6.04 Å². The van der Waals surface area contributed by atoms with Crippen LogP contribution in [0.5, 0.6) is 0 Å². The van der Waals surface area contributed by atoms with Crippen molar-refractivity contribution >= 4 is 11.9 Å². The molecule has 0 aliphatic carbocycles. The molecule has 2 rings (SSSR count). The fraction of sp³-hybridized carbons (Fsp3) is 0.429. The molecule has 1 saturated heterocycles. The summed E-state index contributed by atoms with van der Waals surface area (Å²) in [5.41, 5.74) is 0.908. The van der Waals surface area contributed by atoms with E-state index in [1.807, 2.05) is 30.3 Å². The zero-order valence-electron chi connectivity index (χ0n) is 11.5. The van der Waals surface area contributed by atoms with Gasteiger partial charge in [-0.15, -0.1) is 0 Å². The van der Waals surface area contributed by atoms with Crippen LogP contribution in [-0.2, 0) is 9.53 Å². The molecule has 3 amide bonds. The zero-order chi connectivity index (χ0) is 14.4. The predicted molar refractivity (Wildman–Crippen MR) is 73.3 cm³/mol. The molecule has 1 fully saturated rings. The topological polar surface area (TPSA) is 71.9 Å². The molecule has 20 heavy (non-hydrogen) atoms. The molecule has 0 bridgehead atoms. The Bertz CT molecular complexity index is 458. The summed E-state index contributed by atoms with van der Waals surface area (Å²) < 4.78 is 5.34. The number of imide groups is 1. The first-order valence-electron chi connectivity index (χ1n) is 6.72. The summed E-state index contributed by atoms with van der Waals surface area (Å²) in [6, 6.07) is 8.66. The van der Waals surface area contributed by atoms with E-state index in [4.69, 9.17) is 4.74 Å². The molecule has 1 aromatic rings. The van der Waals surface area contributed by atoms with Crippen LogP contribution in [0.2, 0.25) is 0 Å². The van der Waals surface area contributed by atoms with Crippen molar-refractivity contribution in [3.63, 3.8) is 0 Å². The quantitative estimate of drug-likeness (QED) is 0.671. The highest BCUT2D eigenvalue weighted by molar-refractivity contribution is 5.96. The lowest BCUT2D eigenvalue weighted by molar-refractivity contribution is -0.929. The molecule has 0 radical (unpaired) electrons. The lowest BCUT2D eigenvalue weighted by Gasteiger charge is -2.30. The third-order valence-electron chi connectivity index (χ3n) is 3.40. The molecule has 108 valence electrons. The zero-order valence-corrected chi connectivity index (χ0v) is 11.5. The van der Waals surface area contributed by atoms with E-state index in [1.165, 1.54) is 7.05 Å². The molecule has 0 spiro atoms. The Labute approximate surface area is 118 Å². The van der Waals surface area contributed by atoms with Crippen LogP contribution in [0.15, 0.2) is 30.3 Å². The summed E-state index contributed by atoms with van der Waals surface area (Å²) >= 11 is 0. The van der Waals surface area contributed by atoms with E-state index < -0.39 is 12.1 Å². The van der Waals surface area contributed by atoms with Gasteiger partial charge in [-0.05, 0) is 0 Å². The third kappa shape index (κ3) is 3.55. The lowest BCUT2D eigenvalue weighted by atomic mass is 10.0. The van der Waals surface area contributed by atoms with Crippen molar-refractivity contribution in [1.82, 2.24) is 10.6 Å². The maximum absolute atomic E-state index is 12.4. The Balaban J connectivity index is 2.19. The van der Waals surface area contributed by atoms with E-state index in [1.54, 1.807) is 0 Å². The lowest BCUT2D eigenvalue weighted by Crippen LogP contribution is -3.15. The van der Waals surface area contributed by atoms with Gasteiger partial charge in [0.05, 0.1) is 13.2 Å². The Morgan fingerprint density at radius 2 is 1.85 bits per heavy atom. The van der Waals surface area contributed by atoms with Crippen molar-refractivity contribution in [2.45, 2.75) is 6.04 Å². The monoisotopic (exact) mass is 278 g/mol. The first-order valence-corrected chi connectivity index (χ1v) is 6.72. The van der Waals surface area contributed by atoms with Crippen LogP contribution in [0.4, 0.5) is 4.79 Å². The van der Waals surface area contributed by atoms with Crippen LogP contribution >= 0.6 is 0 Å². The minimum absolute atomic E-state index is 0.285. The molecule has 6 nitrogen and oxygen atoms in total. The molecule has 1 aliphatic rings. The maximum Gasteiger partial charge on any atom is 0.321 e. The minimum atomic E-state index is -0.483. The number of rotatable bonds is 3. The maximum atomic E-state index is 12.4. The van der Waals surface area contributed by atoms with Gasteiger partial charge in [-0.25, -0.2) is 4.79 Å². The van der Waals surface area contributed by atoms with Crippen molar-refractivity contribution in [3.05, 3.63) is 35.9 Å². The Hall–Kier alpha value is -1.92. The normalized spacial score (nSPS) is 17.2. The molecular formula is C14H20N3O3+.